The summed E-state index contributed by atoms with van der Waals surface area (Å²) in [5, 5.41) is 0.650. The van der Waals surface area contributed by atoms with Crippen molar-refractivity contribution in [3.63, 3.8) is 0 Å². The molecule has 108 valence electrons. The van der Waals surface area contributed by atoms with E-state index in [4.69, 9.17) is 10.5 Å². The van der Waals surface area contributed by atoms with E-state index in [1.165, 1.54) is 0 Å². The number of nitrogen functional groups attached to an aromatic ring is 1. The van der Waals surface area contributed by atoms with Crippen molar-refractivity contribution >= 4 is 32.2 Å². The molecular formula is C11H19N3O3S2. The van der Waals surface area contributed by atoms with Gasteiger partial charge in [-0.3, -0.25) is 0 Å². The summed E-state index contributed by atoms with van der Waals surface area (Å²) in [5.74, 6) is 0.141. The fraction of sp³-hybridized carbons (Fsp3) is 0.727. The lowest BCUT2D eigenvalue weighted by molar-refractivity contribution is 0.0821. The highest BCUT2D eigenvalue weighted by Gasteiger charge is 2.28. The van der Waals surface area contributed by atoms with E-state index in [9.17, 15) is 8.42 Å². The number of ether oxygens (including phenoxy) is 1. The molecule has 2 heterocycles. The van der Waals surface area contributed by atoms with Gasteiger partial charge in [-0.2, -0.15) is 4.37 Å². The van der Waals surface area contributed by atoms with Gasteiger partial charge in [-0.15, -0.1) is 0 Å². The maximum absolute atomic E-state index is 12.1. The van der Waals surface area contributed by atoms with E-state index in [1.54, 1.807) is 6.92 Å². The van der Waals surface area contributed by atoms with E-state index in [0.29, 0.717) is 18.2 Å². The number of rotatable bonds is 3. The first-order chi connectivity index (χ1) is 8.95. The first-order valence-electron chi connectivity index (χ1n) is 6.30. The molecule has 0 saturated carbocycles. The SMILES string of the molecule is CCS(=O)(=O)c1c(N)nsc1N1CCCOC(C)C1. The highest BCUT2D eigenvalue weighted by Crippen LogP contribution is 2.36. The smallest absolute Gasteiger partial charge is 0.184 e. The van der Waals surface area contributed by atoms with E-state index < -0.39 is 9.84 Å². The molecule has 19 heavy (non-hydrogen) atoms. The molecule has 1 atom stereocenters. The van der Waals surface area contributed by atoms with Crippen LogP contribution in [0.5, 0.6) is 0 Å². The van der Waals surface area contributed by atoms with Crippen molar-refractivity contribution in [3.05, 3.63) is 0 Å². The third-order valence-electron chi connectivity index (χ3n) is 3.09. The molecule has 1 aliphatic rings. The highest BCUT2D eigenvalue weighted by molar-refractivity contribution is 7.91. The van der Waals surface area contributed by atoms with Crippen LogP contribution in [-0.4, -0.2) is 44.3 Å². The van der Waals surface area contributed by atoms with Gasteiger partial charge in [0.2, 0.25) is 0 Å². The lowest BCUT2D eigenvalue weighted by atomic mass is 10.3. The van der Waals surface area contributed by atoms with Gasteiger partial charge in [-0.1, -0.05) is 6.92 Å². The predicted octanol–water partition coefficient (Wildman–Crippen LogP) is 1.13. The molecular weight excluding hydrogens is 286 g/mol. The van der Waals surface area contributed by atoms with E-state index in [2.05, 4.69) is 4.37 Å². The molecule has 0 spiro atoms. The summed E-state index contributed by atoms with van der Waals surface area (Å²) in [5.41, 5.74) is 5.75. The van der Waals surface area contributed by atoms with Gasteiger partial charge in [0.15, 0.2) is 15.7 Å². The average molecular weight is 305 g/mol. The maximum atomic E-state index is 12.1. The Morgan fingerprint density at radius 3 is 3.00 bits per heavy atom. The number of aromatic nitrogens is 1. The van der Waals surface area contributed by atoms with E-state index in [1.807, 2.05) is 11.8 Å². The number of sulfone groups is 1. The molecule has 1 unspecified atom stereocenters. The van der Waals surface area contributed by atoms with Gasteiger partial charge < -0.3 is 15.4 Å². The standard InChI is InChI=1S/C11H19N3O3S2/c1-3-19(15,16)9-10(12)13-18-11(9)14-5-4-6-17-8(2)7-14/h8H,3-7H2,1-2H3,(H2,12,13). The summed E-state index contributed by atoms with van der Waals surface area (Å²) < 4.78 is 33.9. The van der Waals surface area contributed by atoms with Gasteiger partial charge in [0.25, 0.3) is 0 Å². The molecule has 0 bridgehead atoms. The van der Waals surface area contributed by atoms with Crippen LogP contribution in [0.25, 0.3) is 0 Å². The highest BCUT2D eigenvalue weighted by atomic mass is 32.2. The first kappa shape index (κ1) is 14.5. The lowest BCUT2D eigenvalue weighted by Crippen LogP contribution is -2.30. The minimum absolute atomic E-state index is 0.0303. The number of nitrogens with zero attached hydrogens (tertiary/aromatic N) is 2. The van der Waals surface area contributed by atoms with E-state index >= 15 is 0 Å². The summed E-state index contributed by atoms with van der Waals surface area (Å²) in [6.07, 6.45) is 0.941. The number of hydrogen-bond donors (Lipinski definition) is 1. The molecule has 1 aliphatic heterocycles. The Labute approximate surface area is 117 Å². The van der Waals surface area contributed by atoms with Gasteiger partial charge in [-0.05, 0) is 24.9 Å². The summed E-state index contributed by atoms with van der Waals surface area (Å²) in [4.78, 5) is 2.21. The molecule has 6 nitrogen and oxygen atoms in total. The Hall–Kier alpha value is -0.860. The zero-order valence-electron chi connectivity index (χ0n) is 11.1. The quantitative estimate of drug-likeness (QED) is 0.901. The van der Waals surface area contributed by atoms with Gasteiger partial charge in [0.05, 0.1) is 11.9 Å². The number of nitrogens with two attached hydrogens (primary N) is 1. The molecule has 0 amide bonds. The average Bonchev–Trinajstić information content (AvgIpc) is 2.62. The normalized spacial score (nSPS) is 21.4. The second-order valence-corrected chi connectivity index (χ2v) is 7.55. The third-order valence-corrected chi connectivity index (χ3v) is 5.92. The van der Waals surface area contributed by atoms with Crippen LogP contribution in [0.2, 0.25) is 0 Å². The fourth-order valence-electron chi connectivity index (χ4n) is 2.10. The second-order valence-electron chi connectivity index (χ2n) is 4.59. The first-order valence-corrected chi connectivity index (χ1v) is 8.72. The summed E-state index contributed by atoms with van der Waals surface area (Å²) in [6.45, 7) is 5.72. The molecule has 2 N–H and O–H groups in total. The minimum atomic E-state index is -3.35. The molecule has 2 rings (SSSR count). The Balaban J connectivity index is 2.40. The third kappa shape index (κ3) is 3.01. The Kier molecular flexibility index (Phi) is 4.32. The van der Waals surface area contributed by atoms with Gasteiger partial charge in [0, 0.05) is 19.7 Å². The Bertz CT molecular complexity index is 541. The monoisotopic (exact) mass is 305 g/mol. The molecule has 0 aliphatic carbocycles. The summed E-state index contributed by atoms with van der Waals surface area (Å²) in [6, 6.07) is 0. The largest absolute Gasteiger partial charge is 0.382 e. The second kappa shape index (κ2) is 5.64. The van der Waals surface area contributed by atoms with Gasteiger partial charge in [-0.25, -0.2) is 8.42 Å². The predicted molar refractivity (Wildman–Crippen MR) is 76.5 cm³/mol. The van der Waals surface area contributed by atoms with Crippen molar-refractivity contribution in [3.8, 4) is 0 Å². The van der Waals surface area contributed by atoms with Crippen molar-refractivity contribution in [2.45, 2.75) is 31.3 Å². The zero-order valence-corrected chi connectivity index (χ0v) is 12.8. The van der Waals surface area contributed by atoms with Crippen LogP contribution >= 0.6 is 11.5 Å². The van der Waals surface area contributed by atoms with Crippen molar-refractivity contribution in [1.29, 1.82) is 0 Å². The van der Waals surface area contributed by atoms with Crippen LogP contribution in [0, 0.1) is 0 Å². The van der Waals surface area contributed by atoms with Crippen molar-refractivity contribution in [1.82, 2.24) is 4.37 Å². The molecule has 8 heteroatoms. The molecule has 1 fully saturated rings. The van der Waals surface area contributed by atoms with Crippen molar-refractivity contribution < 1.29 is 13.2 Å². The molecule has 0 aromatic carbocycles. The van der Waals surface area contributed by atoms with Crippen LogP contribution in [-0.2, 0) is 14.6 Å². The zero-order chi connectivity index (χ0) is 14.0. The van der Waals surface area contributed by atoms with Crippen LogP contribution in [0.15, 0.2) is 4.90 Å². The van der Waals surface area contributed by atoms with Gasteiger partial charge in [0.1, 0.15) is 9.90 Å². The van der Waals surface area contributed by atoms with Crippen LogP contribution < -0.4 is 10.6 Å². The number of anilines is 2. The van der Waals surface area contributed by atoms with E-state index in [-0.39, 0.29) is 22.6 Å². The molecule has 1 aromatic heterocycles. The van der Waals surface area contributed by atoms with Crippen LogP contribution in [0.3, 0.4) is 0 Å². The summed E-state index contributed by atoms with van der Waals surface area (Å²) in [7, 11) is -3.35. The van der Waals surface area contributed by atoms with Gasteiger partial charge >= 0.3 is 0 Å². The van der Waals surface area contributed by atoms with Crippen LogP contribution in [0.4, 0.5) is 10.8 Å². The maximum Gasteiger partial charge on any atom is 0.184 e. The van der Waals surface area contributed by atoms with Crippen molar-refractivity contribution in [2.24, 2.45) is 0 Å². The topological polar surface area (TPSA) is 85.5 Å². The van der Waals surface area contributed by atoms with Crippen molar-refractivity contribution in [2.75, 3.05) is 36.1 Å². The lowest BCUT2D eigenvalue weighted by Gasteiger charge is -2.23. The summed E-state index contributed by atoms with van der Waals surface area (Å²) >= 11 is 1.15. The molecule has 1 aromatic rings. The number of hydrogen-bond acceptors (Lipinski definition) is 7. The minimum Gasteiger partial charge on any atom is -0.382 e. The molecule has 0 radical (unpaired) electrons. The Morgan fingerprint density at radius 2 is 2.32 bits per heavy atom. The van der Waals surface area contributed by atoms with Crippen LogP contribution in [0.1, 0.15) is 20.3 Å². The molecule has 1 saturated heterocycles. The fourth-order valence-corrected chi connectivity index (χ4v) is 4.45. The van der Waals surface area contributed by atoms with E-state index in [0.717, 1.165) is 24.5 Å². The Morgan fingerprint density at radius 1 is 1.58 bits per heavy atom.